The first kappa shape index (κ1) is 26.1. The van der Waals surface area contributed by atoms with Crippen LogP contribution in [0.5, 0.6) is 11.6 Å². The number of amides is 1. The second kappa shape index (κ2) is 11.5. The Bertz CT molecular complexity index is 1200. The lowest BCUT2D eigenvalue weighted by molar-refractivity contribution is -0.111. The van der Waals surface area contributed by atoms with Crippen LogP contribution in [0.4, 0.5) is 17.3 Å². The Labute approximate surface area is 188 Å². The number of fused-ring (bicyclic) bond motifs is 1. The van der Waals surface area contributed by atoms with Crippen LogP contribution in [0.25, 0.3) is 11.1 Å². The Kier molecular flexibility index (Phi) is 9.38. The minimum atomic E-state index is -0.309. The lowest BCUT2D eigenvalue weighted by Crippen LogP contribution is -2.07. The van der Waals surface area contributed by atoms with Gasteiger partial charge in [-0.3, -0.25) is 4.79 Å². The molecule has 0 saturated carbocycles. The van der Waals surface area contributed by atoms with Gasteiger partial charge in [0.05, 0.1) is 6.26 Å². The average Bonchev–Trinajstić information content (AvgIpc) is 3.19. The highest BCUT2D eigenvalue weighted by molar-refractivity contribution is 7.80. The van der Waals surface area contributed by atoms with Crippen molar-refractivity contribution >= 4 is 47.0 Å². The van der Waals surface area contributed by atoms with E-state index in [-0.39, 0.29) is 28.9 Å². The molecule has 32 heavy (non-hydrogen) atoms. The molecule has 11 heteroatoms. The number of thiol groups is 1. The van der Waals surface area contributed by atoms with E-state index in [9.17, 15) is 4.79 Å². The minimum absolute atomic E-state index is 0. The number of nitrogens with zero attached hydrogens (tertiary/aromatic N) is 2. The van der Waals surface area contributed by atoms with Gasteiger partial charge >= 0.3 is 0 Å². The molecule has 0 saturated heterocycles. The molecular weight excluding hydrogens is 434 g/mol. The standard InChI is InChI=1S/C21H16N4O3S.H3N.2H2O/c1-2-18(26)22-14-4-3-5-15(12-14)28-20-19-17(10-11-27-19)24-21(25-20)23-13-6-8-16(29)9-7-13;;;/h2-12,29H,1H2,(H,22,26)(H,23,24,25);1H3;2*1H2. The summed E-state index contributed by atoms with van der Waals surface area (Å²) in [5, 5.41) is 5.83. The lowest BCUT2D eigenvalue weighted by Gasteiger charge is -2.10. The summed E-state index contributed by atoms with van der Waals surface area (Å²) in [7, 11) is 0. The SMILES string of the molecule is C=CC(=O)Nc1cccc(Oc2nc(Nc3ccc(S)cc3)nc3ccoc23)c1.N.O.O. The molecule has 2 aromatic heterocycles. The summed E-state index contributed by atoms with van der Waals surface area (Å²) in [6.45, 7) is 3.44. The summed E-state index contributed by atoms with van der Waals surface area (Å²) in [6.07, 6.45) is 2.72. The van der Waals surface area contributed by atoms with E-state index < -0.39 is 0 Å². The molecule has 4 rings (SSSR count). The van der Waals surface area contributed by atoms with Crippen LogP contribution < -0.4 is 21.5 Å². The first-order valence-electron chi connectivity index (χ1n) is 8.63. The van der Waals surface area contributed by atoms with E-state index in [0.717, 1.165) is 10.6 Å². The monoisotopic (exact) mass is 457 g/mol. The number of ether oxygens (including phenoxy) is 1. The van der Waals surface area contributed by atoms with Crippen LogP contribution >= 0.6 is 12.6 Å². The predicted molar refractivity (Wildman–Crippen MR) is 126 cm³/mol. The summed E-state index contributed by atoms with van der Waals surface area (Å²) in [5.41, 5.74) is 2.40. The van der Waals surface area contributed by atoms with Crippen LogP contribution in [-0.4, -0.2) is 26.8 Å². The molecule has 0 unspecified atom stereocenters. The molecule has 0 fully saturated rings. The Morgan fingerprint density at radius 2 is 1.81 bits per heavy atom. The molecule has 168 valence electrons. The molecule has 0 aliphatic heterocycles. The molecule has 4 aromatic rings. The molecule has 0 aliphatic rings. The molecule has 2 aromatic carbocycles. The van der Waals surface area contributed by atoms with E-state index in [4.69, 9.17) is 9.15 Å². The van der Waals surface area contributed by atoms with Crippen molar-refractivity contribution < 1.29 is 24.9 Å². The number of anilines is 3. The van der Waals surface area contributed by atoms with Crippen LogP contribution in [0.2, 0.25) is 0 Å². The van der Waals surface area contributed by atoms with Gasteiger partial charge in [-0.15, -0.1) is 12.6 Å². The van der Waals surface area contributed by atoms with E-state index >= 15 is 0 Å². The number of hydrogen-bond donors (Lipinski definition) is 4. The predicted octanol–water partition coefficient (Wildman–Crippen LogP) is 3.68. The second-order valence-electron chi connectivity index (χ2n) is 5.98. The molecule has 1 amide bonds. The quantitative estimate of drug-likeness (QED) is 0.251. The molecule has 9 N–H and O–H groups in total. The normalized spacial score (nSPS) is 9.53. The van der Waals surface area contributed by atoms with Crippen molar-refractivity contribution in [1.29, 1.82) is 0 Å². The number of aromatic nitrogens is 2. The topological polar surface area (TPSA) is 187 Å². The summed E-state index contributed by atoms with van der Waals surface area (Å²) >= 11 is 4.28. The summed E-state index contributed by atoms with van der Waals surface area (Å²) in [5.74, 6) is 0.780. The zero-order chi connectivity index (χ0) is 20.2. The highest BCUT2D eigenvalue weighted by atomic mass is 32.1. The number of furan rings is 1. The molecule has 0 aliphatic carbocycles. The Morgan fingerprint density at radius 1 is 1.06 bits per heavy atom. The fourth-order valence-corrected chi connectivity index (χ4v) is 2.73. The van der Waals surface area contributed by atoms with Crippen LogP contribution in [-0.2, 0) is 4.79 Å². The van der Waals surface area contributed by atoms with E-state index in [1.165, 1.54) is 12.3 Å². The smallest absolute Gasteiger partial charge is 0.268 e. The van der Waals surface area contributed by atoms with Crippen LogP contribution in [0.3, 0.4) is 0 Å². The lowest BCUT2D eigenvalue weighted by atomic mass is 10.3. The summed E-state index contributed by atoms with van der Waals surface area (Å²) < 4.78 is 11.4. The Balaban J connectivity index is 0.00000171. The van der Waals surface area contributed by atoms with Crippen LogP contribution in [0.15, 0.2) is 82.8 Å². The average molecular weight is 458 g/mol. The van der Waals surface area contributed by atoms with Gasteiger partial charge in [0, 0.05) is 28.4 Å². The van der Waals surface area contributed by atoms with Gasteiger partial charge in [-0.05, 0) is 42.5 Å². The van der Waals surface area contributed by atoms with E-state index in [2.05, 4.69) is 39.8 Å². The van der Waals surface area contributed by atoms with Gasteiger partial charge in [0.2, 0.25) is 17.4 Å². The van der Waals surface area contributed by atoms with Gasteiger partial charge in [-0.1, -0.05) is 12.6 Å². The van der Waals surface area contributed by atoms with Crippen LogP contribution in [0, 0.1) is 0 Å². The van der Waals surface area contributed by atoms with Crippen molar-refractivity contribution in [2.45, 2.75) is 4.90 Å². The number of carbonyl (C=O) groups excluding carboxylic acids is 1. The van der Waals surface area contributed by atoms with E-state index in [1.54, 1.807) is 30.3 Å². The number of benzene rings is 2. The largest absolute Gasteiger partial charge is 0.457 e. The van der Waals surface area contributed by atoms with Gasteiger partial charge in [0.15, 0.2) is 0 Å². The molecule has 0 atom stereocenters. The number of hydrogen-bond acceptors (Lipinski definition) is 8. The zero-order valence-electron chi connectivity index (χ0n) is 16.8. The maximum absolute atomic E-state index is 11.5. The van der Waals surface area contributed by atoms with Crippen molar-refractivity contribution in [3.05, 3.63) is 73.5 Å². The third kappa shape index (κ3) is 6.06. The fraction of sp³-hybridized carbons (Fsp3) is 0. The van der Waals surface area contributed by atoms with Crippen molar-refractivity contribution in [3.63, 3.8) is 0 Å². The van der Waals surface area contributed by atoms with Crippen molar-refractivity contribution in [3.8, 4) is 11.6 Å². The molecule has 10 nitrogen and oxygen atoms in total. The minimum Gasteiger partial charge on any atom is -0.457 e. The van der Waals surface area contributed by atoms with Gasteiger partial charge < -0.3 is 36.9 Å². The maximum Gasteiger partial charge on any atom is 0.268 e. The molecular formula is C21H23N5O5S. The third-order valence-corrected chi connectivity index (χ3v) is 4.20. The summed E-state index contributed by atoms with van der Waals surface area (Å²) in [6, 6.07) is 16.1. The molecule has 0 radical (unpaired) electrons. The highest BCUT2D eigenvalue weighted by Gasteiger charge is 2.14. The van der Waals surface area contributed by atoms with Gasteiger partial charge in [-0.25, -0.2) is 4.98 Å². The van der Waals surface area contributed by atoms with Crippen molar-refractivity contribution in [1.82, 2.24) is 16.1 Å². The molecule has 0 bridgehead atoms. The Morgan fingerprint density at radius 3 is 2.53 bits per heavy atom. The highest BCUT2D eigenvalue weighted by Crippen LogP contribution is 2.31. The first-order valence-corrected chi connectivity index (χ1v) is 9.08. The number of rotatable bonds is 6. The number of nitrogens with one attached hydrogen (secondary N) is 2. The zero-order valence-corrected chi connectivity index (χ0v) is 17.7. The van der Waals surface area contributed by atoms with Crippen molar-refractivity contribution in [2.75, 3.05) is 10.6 Å². The molecule has 2 heterocycles. The van der Waals surface area contributed by atoms with Crippen molar-refractivity contribution in [2.24, 2.45) is 0 Å². The number of carbonyl (C=O) groups is 1. The van der Waals surface area contributed by atoms with Gasteiger partial charge in [0.1, 0.15) is 11.3 Å². The Hall–Kier alpha value is -3.90. The van der Waals surface area contributed by atoms with E-state index in [1.807, 2.05) is 24.3 Å². The van der Waals surface area contributed by atoms with Gasteiger partial charge in [-0.2, -0.15) is 4.98 Å². The van der Waals surface area contributed by atoms with Gasteiger partial charge in [0.25, 0.3) is 5.88 Å². The molecule has 0 spiro atoms. The fourth-order valence-electron chi connectivity index (χ4n) is 2.58. The maximum atomic E-state index is 11.5. The third-order valence-electron chi connectivity index (χ3n) is 3.90. The van der Waals surface area contributed by atoms with E-state index in [0.29, 0.717) is 28.5 Å². The summed E-state index contributed by atoms with van der Waals surface area (Å²) in [4.78, 5) is 21.2. The second-order valence-corrected chi connectivity index (χ2v) is 6.50. The first-order chi connectivity index (χ1) is 14.1. The van der Waals surface area contributed by atoms with Crippen LogP contribution in [0.1, 0.15) is 0 Å².